The molecular formula is C14H20F2N2O3S. The van der Waals surface area contributed by atoms with Gasteiger partial charge in [0.2, 0.25) is 0 Å². The third-order valence-corrected chi connectivity index (χ3v) is 5.38. The molecule has 1 aliphatic rings. The summed E-state index contributed by atoms with van der Waals surface area (Å²) >= 11 is 0. The summed E-state index contributed by atoms with van der Waals surface area (Å²) < 4.78 is 59.6. The molecule has 2 atom stereocenters. The Labute approximate surface area is 129 Å². The first kappa shape index (κ1) is 17.3. The van der Waals surface area contributed by atoms with Crippen LogP contribution in [0.2, 0.25) is 0 Å². The zero-order chi connectivity index (χ0) is 16.5. The minimum absolute atomic E-state index is 0.127. The van der Waals surface area contributed by atoms with Gasteiger partial charge in [-0.05, 0) is 19.9 Å². The van der Waals surface area contributed by atoms with Crippen LogP contribution in [0.5, 0.6) is 0 Å². The summed E-state index contributed by atoms with van der Waals surface area (Å²) in [6, 6.07) is 3.10. The second kappa shape index (κ2) is 6.57. The lowest BCUT2D eigenvalue weighted by Gasteiger charge is -2.36. The maximum atomic E-state index is 13.7. The molecule has 22 heavy (non-hydrogen) atoms. The van der Waals surface area contributed by atoms with Crippen molar-refractivity contribution in [3.63, 3.8) is 0 Å². The zero-order valence-corrected chi connectivity index (χ0v) is 13.6. The smallest absolute Gasteiger partial charge is 0.282 e. The predicted molar refractivity (Wildman–Crippen MR) is 78.3 cm³/mol. The molecule has 1 heterocycles. The van der Waals surface area contributed by atoms with Gasteiger partial charge in [0.05, 0.1) is 12.2 Å². The fraction of sp³-hybridized carbons (Fsp3) is 0.571. The normalized spacial score (nSPS) is 23.9. The number of morpholine rings is 1. The van der Waals surface area contributed by atoms with Crippen LogP contribution < -0.4 is 0 Å². The van der Waals surface area contributed by atoms with Crippen LogP contribution in [-0.4, -0.2) is 49.4 Å². The molecule has 0 unspecified atom stereocenters. The monoisotopic (exact) mass is 334 g/mol. The van der Waals surface area contributed by atoms with Crippen LogP contribution in [0, 0.1) is 11.6 Å². The van der Waals surface area contributed by atoms with Crippen molar-refractivity contribution in [3.8, 4) is 0 Å². The van der Waals surface area contributed by atoms with Crippen LogP contribution in [-0.2, 0) is 21.5 Å². The van der Waals surface area contributed by atoms with Crippen LogP contribution in [0.1, 0.15) is 19.4 Å². The molecule has 1 aliphatic heterocycles. The Balaban J connectivity index is 2.14. The molecule has 0 N–H and O–H groups in total. The average Bonchev–Trinajstić information content (AvgIpc) is 2.40. The van der Waals surface area contributed by atoms with E-state index in [-0.39, 0.29) is 37.4 Å². The summed E-state index contributed by atoms with van der Waals surface area (Å²) in [7, 11) is -2.35. The second-order valence-corrected chi connectivity index (χ2v) is 7.61. The van der Waals surface area contributed by atoms with E-state index in [1.807, 2.05) is 0 Å². The minimum Gasteiger partial charge on any atom is -0.373 e. The van der Waals surface area contributed by atoms with Crippen molar-refractivity contribution >= 4 is 10.2 Å². The molecule has 2 rings (SSSR count). The quantitative estimate of drug-likeness (QED) is 0.843. The number of benzene rings is 1. The second-order valence-electron chi connectivity index (χ2n) is 5.57. The number of hydrogen-bond donors (Lipinski definition) is 0. The number of hydrogen-bond acceptors (Lipinski definition) is 3. The summed E-state index contributed by atoms with van der Waals surface area (Å²) in [5.74, 6) is -1.45. The highest BCUT2D eigenvalue weighted by atomic mass is 32.2. The van der Waals surface area contributed by atoms with Gasteiger partial charge in [-0.1, -0.05) is 6.07 Å². The van der Waals surface area contributed by atoms with Crippen molar-refractivity contribution in [1.29, 1.82) is 0 Å². The summed E-state index contributed by atoms with van der Waals surface area (Å²) in [5.41, 5.74) is 0.127. The zero-order valence-electron chi connectivity index (χ0n) is 12.8. The van der Waals surface area contributed by atoms with E-state index >= 15 is 0 Å². The maximum Gasteiger partial charge on any atom is 0.282 e. The number of halogens is 2. The van der Waals surface area contributed by atoms with Crippen molar-refractivity contribution in [3.05, 3.63) is 35.4 Å². The molecule has 0 spiro atoms. The van der Waals surface area contributed by atoms with Crippen molar-refractivity contribution in [1.82, 2.24) is 8.61 Å². The van der Waals surface area contributed by atoms with Gasteiger partial charge in [0.25, 0.3) is 10.2 Å². The lowest BCUT2D eigenvalue weighted by molar-refractivity contribution is -0.0453. The van der Waals surface area contributed by atoms with E-state index in [4.69, 9.17) is 4.74 Å². The Morgan fingerprint density at radius 1 is 1.27 bits per heavy atom. The minimum atomic E-state index is -3.73. The van der Waals surface area contributed by atoms with Gasteiger partial charge in [-0.3, -0.25) is 0 Å². The molecule has 1 saturated heterocycles. The molecular weight excluding hydrogens is 314 g/mol. The van der Waals surface area contributed by atoms with Crippen molar-refractivity contribution in [2.45, 2.75) is 32.6 Å². The molecule has 0 aromatic heterocycles. The molecule has 0 aliphatic carbocycles. The SMILES string of the molecule is C[C@@H]1CN(S(=O)(=O)N(C)Cc2ccc(F)cc2F)C[C@H](C)O1. The molecule has 0 radical (unpaired) electrons. The Morgan fingerprint density at radius 2 is 1.86 bits per heavy atom. The Kier molecular flexibility index (Phi) is 5.16. The number of ether oxygens (including phenoxy) is 1. The van der Waals surface area contributed by atoms with Gasteiger partial charge >= 0.3 is 0 Å². The van der Waals surface area contributed by atoms with E-state index < -0.39 is 21.8 Å². The van der Waals surface area contributed by atoms with Gasteiger partial charge in [-0.15, -0.1) is 0 Å². The van der Waals surface area contributed by atoms with Crippen LogP contribution in [0.15, 0.2) is 18.2 Å². The van der Waals surface area contributed by atoms with Gasteiger partial charge in [0.1, 0.15) is 11.6 Å². The van der Waals surface area contributed by atoms with Crippen molar-refractivity contribution in [2.75, 3.05) is 20.1 Å². The summed E-state index contributed by atoms with van der Waals surface area (Å²) in [5, 5.41) is 0. The molecule has 1 aromatic carbocycles. The van der Waals surface area contributed by atoms with Crippen molar-refractivity contribution in [2.24, 2.45) is 0 Å². The lowest BCUT2D eigenvalue weighted by atomic mass is 10.2. The van der Waals surface area contributed by atoms with Gasteiger partial charge in [0, 0.05) is 38.3 Å². The van der Waals surface area contributed by atoms with Gasteiger partial charge in [-0.2, -0.15) is 17.0 Å². The molecule has 0 amide bonds. The van der Waals surface area contributed by atoms with Crippen LogP contribution >= 0.6 is 0 Å². The van der Waals surface area contributed by atoms with Gasteiger partial charge < -0.3 is 4.74 Å². The highest BCUT2D eigenvalue weighted by molar-refractivity contribution is 7.86. The first-order valence-electron chi connectivity index (χ1n) is 7.01. The third-order valence-electron chi connectivity index (χ3n) is 3.51. The van der Waals surface area contributed by atoms with E-state index in [0.29, 0.717) is 0 Å². The fourth-order valence-electron chi connectivity index (χ4n) is 2.49. The van der Waals surface area contributed by atoms with Crippen LogP contribution in [0.4, 0.5) is 8.78 Å². The number of nitrogens with zero attached hydrogens (tertiary/aromatic N) is 2. The molecule has 1 aromatic rings. The third kappa shape index (κ3) is 3.81. The highest BCUT2D eigenvalue weighted by Gasteiger charge is 2.33. The van der Waals surface area contributed by atoms with Crippen LogP contribution in [0.25, 0.3) is 0 Å². The molecule has 8 heteroatoms. The Hall–Kier alpha value is -1.09. The maximum absolute atomic E-state index is 13.7. The predicted octanol–water partition coefficient (Wildman–Crippen LogP) is 1.75. The molecule has 1 fully saturated rings. The first-order valence-corrected chi connectivity index (χ1v) is 8.40. The summed E-state index contributed by atoms with van der Waals surface area (Å²) in [6.07, 6.45) is -0.399. The molecule has 0 bridgehead atoms. The number of rotatable bonds is 4. The first-order chi connectivity index (χ1) is 10.2. The van der Waals surface area contributed by atoms with E-state index in [0.717, 1.165) is 16.4 Å². The van der Waals surface area contributed by atoms with E-state index in [9.17, 15) is 17.2 Å². The standard InChI is InChI=1S/C14H20F2N2O3S/c1-10-7-18(8-11(2)21-10)22(19,20)17(3)9-12-4-5-13(15)6-14(12)16/h4-6,10-11H,7-9H2,1-3H3/t10-,11+. The average molecular weight is 334 g/mol. The fourth-order valence-corrected chi connectivity index (χ4v) is 3.98. The summed E-state index contributed by atoms with van der Waals surface area (Å²) in [4.78, 5) is 0. The topological polar surface area (TPSA) is 49.9 Å². The van der Waals surface area contributed by atoms with Gasteiger partial charge in [0.15, 0.2) is 0 Å². The summed E-state index contributed by atoms with van der Waals surface area (Å²) in [6.45, 7) is 3.95. The Bertz CT molecular complexity index is 629. The lowest BCUT2D eigenvalue weighted by Crippen LogP contribution is -2.52. The van der Waals surface area contributed by atoms with Crippen LogP contribution in [0.3, 0.4) is 0 Å². The van der Waals surface area contributed by atoms with E-state index in [2.05, 4.69) is 0 Å². The molecule has 5 nitrogen and oxygen atoms in total. The molecule has 0 saturated carbocycles. The van der Waals surface area contributed by atoms with Crippen molar-refractivity contribution < 1.29 is 21.9 Å². The van der Waals surface area contributed by atoms with Gasteiger partial charge in [-0.25, -0.2) is 8.78 Å². The highest BCUT2D eigenvalue weighted by Crippen LogP contribution is 2.19. The molecule has 124 valence electrons. The largest absolute Gasteiger partial charge is 0.373 e. The Morgan fingerprint density at radius 3 is 2.41 bits per heavy atom. The van der Waals surface area contributed by atoms with E-state index in [1.165, 1.54) is 17.4 Å². The van der Waals surface area contributed by atoms with E-state index in [1.54, 1.807) is 13.8 Å².